The van der Waals surface area contributed by atoms with Crippen LogP contribution in [-0.4, -0.2) is 37.6 Å². The van der Waals surface area contributed by atoms with E-state index in [9.17, 15) is 0 Å². The van der Waals surface area contributed by atoms with Crippen molar-refractivity contribution in [1.29, 1.82) is 0 Å². The van der Waals surface area contributed by atoms with E-state index in [2.05, 4.69) is 44.8 Å². The predicted octanol–water partition coefficient (Wildman–Crippen LogP) is 3.38. The molecular weight excluding hydrogens is 220 g/mol. The molecule has 0 aromatic rings. The van der Waals surface area contributed by atoms with Gasteiger partial charge >= 0.3 is 0 Å². The lowest BCUT2D eigenvalue weighted by Gasteiger charge is -2.36. The minimum Gasteiger partial charge on any atom is -0.316 e. The van der Waals surface area contributed by atoms with Gasteiger partial charge in [0.25, 0.3) is 0 Å². The van der Waals surface area contributed by atoms with Gasteiger partial charge in [0.1, 0.15) is 0 Å². The van der Waals surface area contributed by atoms with Crippen LogP contribution in [0.25, 0.3) is 0 Å². The number of rotatable bonds is 8. The Labute approximate surface area is 115 Å². The van der Waals surface area contributed by atoms with Gasteiger partial charge in [0.2, 0.25) is 0 Å². The van der Waals surface area contributed by atoms with Crippen LogP contribution < -0.4 is 5.32 Å². The average Bonchev–Trinajstić information content (AvgIpc) is 2.64. The molecule has 2 heteroatoms. The number of hydrogen-bond donors (Lipinski definition) is 1. The summed E-state index contributed by atoms with van der Waals surface area (Å²) < 4.78 is 0. The van der Waals surface area contributed by atoms with Crippen LogP contribution >= 0.6 is 0 Å². The molecule has 1 rings (SSSR count). The van der Waals surface area contributed by atoms with Gasteiger partial charge in [-0.25, -0.2) is 0 Å². The summed E-state index contributed by atoms with van der Waals surface area (Å²) in [6.07, 6.45) is 4.07. The molecular formula is C16H34N2. The van der Waals surface area contributed by atoms with Crippen LogP contribution in [0.3, 0.4) is 0 Å². The Bertz CT molecular complexity index is 207. The summed E-state index contributed by atoms with van der Waals surface area (Å²) in [6.45, 7) is 17.9. The number of nitrogens with one attached hydrogen (secondary N) is 1. The predicted molar refractivity (Wildman–Crippen MR) is 80.9 cm³/mol. The summed E-state index contributed by atoms with van der Waals surface area (Å²) in [6, 6.07) is 0. The van der Waals surface area contributed by atoms with Crippen LogP contribution in [0.4, 0.5) is 0 Å². The van der Waals surface area contributed by atoms with Gasteiger partial charge in [0.15, 0.2) is 0 Å². The normalized spacial score (nSPS) is 24.7. The highest BCUT2D eigenvalue weighted by atomic mass is 15.1. The summed E-state index contributed by atoms with van der Waals surface area (Å²) >= 11 is 0. The fourth-order valence-corrected chi connectivity index (χ4v) is 3.46. The zero-order chi connectivity index (χ0) is 13.6. The maximum absolute atomic E-state index is 3.58. The zero-order valence-corrected chi connectivity index (χ0v) is 13.3. The molecule has 1 atom stereocenters. The Morgan fingerprint density at radius 1 is 1.11 bits per heavy atom. The van der Waals surface area contributed by atoms with E-state index in [0.29, 0.717) is 5.41 Å². The highest BCUT2D eigenvalue weighted by Gasteiger charge is 2.34. The molecule has 0 amide bonds. The largest absolute Gasteiger partial charge is 0.316 e. The van der Waals surface area contributed by atoms with Crippen molar-refractivity contribution in [3.8, 4) is 0 Å². The lowest BCUT2D eigenvalue weighted by molar-refractivity contribution is 0.128. The van der Waals surface area contributed by atoms with Crippen molar-refractivity contribution in [3.63, 3.8) is 0 Å². The Balaban J connectivity index is 2.60. The maximum atomic E-state index is 3.58. The first-order valence-electron chi connectivity index (χ1n) is 7.90. The molecule has 1 aliphatic rings. The molecule has 0 aromatic carbocycles. The summed E-state index contributed by atoms with van der Waals surface area (Å²) in [5.41, 5.74) is 0.554. The molecule has 2 nitrogen and oxygen atoms in total. The molecule has 1 N–H and O–H groups in total. The second-order valence-corrected chi connectivity index (χ2v) is 7.16. The van der Waals surface area contributed by atoms with E-state index in [1.165, 1.54) is 52.0 Å². The second-order valence-electron chi connectivity index (χ2n) is 7.16. The molecule has 1 fully saturated rings. The van der Waals surface area contributed by atoms with Crippen molar-refractivity contribution < 1.29 is 0 Å². The molecule has 1 aliphatic heterocycles. The van der Waals surface area contributed by atoms with E-state index in [4.69, 9.17) is 0 Å². The van der Waals surface area contributed by atoms with E-state index in [-0.39, 0.29) is 0 Å². The number of nitrogens with zero attached hydrogens (tertiary/aromatic N) is 1. The summed E-state index contributed by atoms with van der Waals surface area (Å²) in [7, 11) is 0. The first-order valence-corrected chi connectivity index (χ1v) is 7.90. The summed E-state index contributed by atoms with van der Waals surface area (Å²) in [5.74, 6) is 1.55. The van der Waals surface area contributed by atoms with Gasteiger partial charge in [-0.15, -0.1) is 0 Å². The lowest BCUT2D eigenvalue weighted by atomic mass is 9.81. The second kappa shape index (κ2) is 7.49. The summed E-state index contributed by atoms with van der Waals surface area (Å²) in [4.78, 5) is 2.72. The minimum absolute atomic E-state index is 0.554. The fraction of sp³-hybridized carbons (Fsp3) is 1.00. The molecule has 1 unspecified atom stereocenters. The Morgan fingerprint density at radius 2 is 1.72 bits per heavy atom. The van der Waals surface area contributed by atoms with E-state index < -0.39 is 0 Å². The molecule has 108 valence electrons. The monoisotopic (exact) mass is 254 g/mol. The molecule has 0 radical (unpaired) electrons. The van der Waals surface area contributed by atoms with Gasteiger partial charge in [-0.3, -0.25) is 0 Å². The van der Waals surface area contributed by atoms with Crippen molar-refractivity contribution in [2.24, 2.45) is 17.3 Å². The first kappa shape index (κ1) is 16.0. The quantitative estimate of drug-likeness (QED) is 0.714. The van der Waals surface area contributed by atoms with Crippen LogP contribution in [0, 0.1) is 17.3 Å². The molecule has 0 aliphatic carbocycles. The highest BCUT2D eigenvalue weighted by molar-refractivity contribution is 4.90. The van der Waals surface area contributed by atoms with Gasteiger partial charge in [-0.2, -0.15) is 0 Å². The van der Waals surface area contributed by atoms with Crippen molar-refractivity contribution in [3.05, 3.63) is 0 Å². The van der Waals surface area contributed by atoms with E-state index in [1.54, 1.807) is 0 Å². The fourth-order valence-electron chi connectivity index (χ4n) is 3.46. The minimum atomic E-state index is 0.554. The maximum Gasteiger partial charge on any atom is 0.00508 e. The van der Waals surface area contributed by atoms with Gasteiger partial charge in [0.05, 0.1) is 0 Å². The van der Waals surface area contributed by atoms with Gasteiger partial charge in [-0.1, -0.05) is 41.0 Å². The lowest BCUT2D eigenvalue weighted by Crippen LogP contribution is -2.42. The zero-order valence-electron chi connectivity index (χ0n) is 13.3. The van der Waals surface area contributed by atoms with Crippen LogP contribution in [0.2, 0.25) is 0 Å². The standard InChI is InChI=1S/C16H34N2/c1-6-7-16(8-9-17-12-16)13-18(10-14(2)3)11-15(4)5/h14-15,17H,6-13H2,1-5H3. The molecule has 1 heterocycles. The third kappa shape index (κ3) is 5.27. The SMILES string of the molecule is CCCC1(CN(CC(C)C)CC(C)C)CCNC1. The third-order valence-corrected chi connectivity index (χ3v) is 3.92. The van der Waals surface area contributed by atoms with E-state index in [1.807, 2.05) is 0 Å². The van der Waals surface area contributed by atoms with Crippen LogP contribution in [0.5, 0.6) is 0 Å². The molecule has 0 saturated carbocycles. The Morgan fingerprint density at radius 3 is 2.11 bits per heavy atom. The van der Waals surface area contributed by atoms with Gasteiger partial charge in [0, 0.05) is 26.2 Å². The van der Waals surface area contributed by atoms with Gasteiger partial charge in [-0.05, 0) is 36.6 Å². The van der Waals surface area contributed by atoms with E-state index >= 15 is 0 Å². The number of hydrogen-bond acceptors (Lipinski definition) is 2. The molecule has 0 bridgehead atoms. The highest BCUT2D eigenvalue weighted by Crippen LogP contribution is 2.32. The summed E-state index contributed by atoms with van der Waals surface area (Å²) in [5, 5.41) is 3.58. The van der Waals surface area contributed by atoms with Crippen molar-refractivity contribution in [2.75, 3.05) is 32.7 Å². The van der Waals surface area contributed by atoms with E-state index in [0.717, 1.165) is 11.8 Å². The topological polar surface area (TPSA) is 15.3 Å². The van der Waals surface area contributed by atoms with Crippen molar-refractivity contribution >= 4 is 0 Å². The first-order chi connectivity index (χ1) is 8.47. The molecule has 18 heavy (non-hydrogen) atoms. The third-order valence-electron chi connectivity index (χ3n) is 3.92. The average molecular weight is 254 g/mol. The van der Waals surface area contributed by atoms with Crippen LogP contribution in [0.1, 0.15) is 53.9 Å². The molecule has 0 aromatic heterocycles. The molecule has 1 saturated heterocycles. The van der Waals surface area contributed by atoms with Gasteiger partial charge < -0.3 is 10.2 Å². The molecule has 0 spiro atoms. The van der Waals surface area contributed by atoms with Crippen LogP contribution in [-0.2, 0) is 0 Å². The Kier molecular flexibility index (Phi) is 6.65. The smallest absolute Gasteiger partial charge is 0.00508 e. The van der Waals surface area contributed by atoms with Crippen LogP contribution in [0.15, 0.2) is 0 Å². The van der Waals surface area contributed by atoms with Crippen molar-refractivity contribution in [2.45, 2.75) is 53.9 Å². The Hall–Kier alpha value is -0.0800. The van der Waals surface area contributed by atoms with Crippen molar-refractivity contribution in [1.82, 2.24) is 10.2 Å².